The highest BCUT2D eigenvalue weighted by molar-refractivity contribution is 5.98. The van der Waals surface area contributed by atoms with Crippen molar-refractivity contribution in [2.45, 2.75) is 13.3 Å². The number of amides is 1. The molecule has 26 heavy (non-hydrogen) atoms. The summed E-state index contributed by atoms with van der Waals surface area (Å²) in [5, 5.41) is 13.2. The number of aromatic nitrogens is 4. The zero-order valence-corrected chi connectivity index (χ0v) is 14.4. The molecule has 3 aromatic rings. The van der Waals surface area contributed by atoms with Gasteiger partial charge in [0.1, 0.15) is 17.5 Å². The number of hydrogen-bond donors (Lipinski definition) is 2. The van der Waals surface area contributed by atoms with Crippen molar-refractivity contribution in [3.63, 3.8) is 0 Å². The van der Waals surface area contributed by atoms with E-state index in [1.807, 2.05) is 24.6 Å². The maximum atomic E-state index is 12.1. The van der Waals surface area contributed by atoms with Crippen molar-refractivity contribution in [3.8, 4) is 17.5 Å². The molecule has 1 fully saturated rings. The van der Waals surface area contributed by atoms with E-state index in [4.69, 9.17) is 11.0 Å². The van der Waals surface area contributed by atoms with Gasteiger partial charge in [-0.3, -0.25) is 4.79 Å². The molecule has 1 saturated carbocycles. The summed E-state index contributed by atoms with van der Waals surface area (Å²) in [6.45, 7) is 1.91. The monoisotopic (exact) mass is 347 g/mol. The number of pyridine rings is 2. The van der Waals surface area contributed by atoms with Crippen LogP contribution in [0.2, 0.25) is 0 Å². The minimum atomic E-state index is -0.243. The lowest BCUT2D eigenvalue weighted by Crippen LogP contribution is -2.15. The number of nitrogens with two attached hydrogens (primary N) is 1. The highest BCUT2D eigenvalue weighted by Crippen LogP contribution is 2.38. The highest BCUT2D eigenvalue weighted by Gasteiger charge is 2.43. The van der Waals surface area contributed by atoms with Crippen LogP contribution in [-0.2, 0) is 11.8 Å². The van der Waals surface area contributed by atoms with Gasteiger partial charge in [-0.1, -0.05) is 0 Å². The number of nitrogens with one attached hydrogen (secondary N) is 1. The maximum absolute atomic E-state index is 12.1. The molecule has 2 atom stereocenters. The molecule has 8 nitrogen and oxygen atoms in total. The van der Waals surface area contributed by atoms with Gasteiger partial charge in [0.05, 0.1) is 35.5 Å². The predicted molar refractivity (Wildman–Crippen MR) is 96.7 cm³/mol. The van der Waals surface area contributed by atoms with Gasteiger partial charge < -0.3 is 15.6 Å². The molecule has 0 bridgehead atoms. The Morgan fingerprint density at radius 1 is 1.38 bits per heavy atom. The predicted octanol–water partition coefficient (Wildman–Crippen LogP) is 2.02. The maximum Gasteiger partial charge on any atom is 0.230 e. The van der Waals surface area contributed by atoms with Crippen LogP contribution in [0.1, 0.15) is 12.2 Å². The van der Waals surface area contributed by atoms with Crippen LogP contribution in [0.4, 0.5) is 11.6 Å². The third kappa shape index (κ3) is 2.63. The van der Waals surface area contributed by atoms with Crippen molar-refractivity contribution < 1.29 is 4.79 Å². The van der Waals surface area contributed by atoms with Gasteiger partial charge in [-0.15, -0.1) is 0 Å². The molecular weight excluding hydrogens is 330 g/mol. The number of nitriles is 1. The van der Waals surface area contributed by atoms with Crippen molar-refractivity contribution in [1.82, 2.24) is 19.5 Å². The number of rotatable bonds is 3. The second-order valence-electron chi connectivity index (χ2n) is 6.50. The van der Waals surface area contributed by atoms with Gasteiger partial charge >= 0.3 is 0 Å². The Bertz CT molecular complexity index is 1080. The van der Waals surface area contributed by atoms with Gasteiger partial charge in [-0.2, -0.15) is 5.26 Å². The van der Waals surface area contributed by atoms with Gasteiger partial charge in [0.15, 0.2) is 0 Å². The van der Waals surface area contributed by atoms with Crippen LogP contribution < -0.4 is 11.1 Å². The van der Waals surface area contributed by atoms with E-state index in [0.717, 1.165) is 16.9 Å². The van der Waals surface area contributed by atoms with E-state index >= 15 is 0 Å². The van der Waals surface area contributed by atoms with Crippen LogP contribution >= 0.6 is 0 Å². The molecule has 3 heterocycles. The fourth-order valence-corrected chi connectivity index (χ4v) is 2.96. The summed E-state index contributed by atoms with van der Waals surface area (Å²) in [6.07, 6.45) is 3.96. The summed E-state index contributed by atoms with van der Waals surface area (Å²) in [5.41, 5.74) is 7.65. The van der Waals surface area contributed by atoms with Gasteiger partial charge in [0.25, 0.3) is 0 Å². The van der Waals surface area contributed by atoms with Crippen LogP contribution in [0.25, 0.3) is 22.2 Å². The van der Waals surface area contributed by atoms with Crippen LogP contribution in [-0.4, -0.2) is 25.4 Å². The Morgan fingerprint density at radius 2 is 2.19 bits per heavy atom. The Morgan fingerprint density at radius 3 is 2.85 bits per heavy atom. The standard InChI is InChI=1S/C18H17N7O/c1-9-21-8-15(25(9)2)14-4-10-5-16(22-7-13(10)17(20)23-14)24-18(26)12-3-11(12)6-19/h4-5,7-8,11-12H,3H2,1-2H3,(H2,20,23)(H,22,24,26)/t11-,12+/m1/s1. The van der Waals surface area contributed by atoms with Crippen LogP contribution in [0.15, 0.2) is 24.5 Å². The highest BCUT2D eigenvalue weighted by atomic mass is 16.2. The third-order valence-corrected chi connectivity index (χ3v) is 4.77. The summed E-state index contributed by atoms with van der Waals surface area (Å²) in [5.74, 6) is 1.08. The molecule has 130 valence electrons. The summed E-state index contributed by atoms with van der Waals surface area (Å²) < 4.78 is 1.94. The van der Waals surface area contributed by atoms with Gasteiger partial charge in [-0.25, -0.2) is 15.0 Å². The Kier molecular flexibility index (Phi) is 3.58. The fourth-order valence-electron chi connectivity index (χ4n) is 2.96. The van der Waals surface area contributed by atoms with E-state index in [9.17, 15) is 4.79 Å². The molecule has 0 spiro atoms. The summed E-state index contributed by atoms with van der Waals surface area (Å²) in [4.78, 5) is 25.1. The molecule has 1 aliphatic rings. The summed E-state index contributed by atoms with van der Waals surface area (Å²) in [7, 11) is 1.92. The van der Waals surface area contributed by atoms with E-state index in [-0.39, 0.29) is 17.7 Å². The SMILES string of the molecule is Cc1ncc(-c2cc3cc(NC(=O)[C@H]4C[C@@H]4C#N)ncc3c(N)n2)n1C. The van der Waals surface area contributed by atoms with Crippen molar-refractivity contribution in [2.24, 2.45) is 18.9 Å². The molecule has 0 saturated heterocycles. The zero-order valence-electron chi connectivity index (χ0n) is 14.4. The van der Waals surface area contributed by atoms with Crippen LogP contribution in [0.5, 0.6) is 0 Å². The summed E-state index contributed by atoms with van der Waals surface area (Å²) in [6, 6.07) is 5.77. The number of aryl methyl sites for hydroxylation is 1. The number of hydrogen-bond acceptors (Lipinski definition) is 6. The molecule has 3 N–H and O–H groups in total. The lowest BCUT2D eigenvalue weighted by atomic mass is 10.1. The van der Waals surface area contributed by atoms with Crippen LogP contribution in [0.3, 0.4) is 0 Å². The first-order valence-corrected chi connectivity index (χ1v) is 8.23. The van der Waals surface area contributed by atoms with Crippen LogP contribution in [0, 0.1) is 30.1 Å². The van der Waals surface area contributed by atoms with Crippen molar-refractivity contribution in [1.29, 1.82) is 5.26 Å². The Hall–Kier alpha value is -3.47. The molecule has 0 aliphatic heterocycles. The first-order chi connectivity index (χ1) is 12.5. The average molecular weight is 347 g/mol. The minimum Gasteiger partial charge on any atom is -0.383 e. The average Bonchev–Trinajstić information content (AvgIpc) is 3.34. The Balaban J connectivity index is 1.69. The number of anilines is 2. The number of nitrogen functional groups attached to an aromatic ring is 1. The number of carbonyl (C=O) groups is 1. The van der Waals surface area contributed by atoms with E-state index in [2.05, 4.69) is 26.3 Å². The third-order valence-electron chi connectivity index (χ3n) is 4.77. The molecule has 0 unspecified atom stereocenters. The van der Waals surface area contributed by atoms with Gasteiger partial charge in [-0.05, 0) is 30.9 Å². The van der Waals surface area contributed by atoms with Gasteiger partial charge in [0.2, 0.25) is 5.91 Å². The largest absolute Gasteiger partial charge is 0.383 e. The molecule has 0 aromatic carbocycles. The minimum absolute atomic E-state index is 0.173. The number of nitrogens with zero attached hydrogens (tertiary/aromatic N) is 5. The number of fused-ring (bicyclic) bond motifs is 1. The molecular formula is C18H17N7O. The number of carbonyl (C=O) groups excluding carboxylic acids is 1. The zero-order chi connectivity index (χ0) is 18.4. The second kappa shape index (κ2) is 5.81. The summed E-state index contributed by atoms with van der Waals surface area (Å²) >= 11 is 0. The van der Waals surface area contributed by atoms with Crippen molar-refractivity contribution in [3.05, 3.63) is 30.4 Å². The molecule has 1 amide bonds. The Labute approximate surface area is 149 Å². The number of imidazole rings is 1. The van der Waals surface area contributed by atoms with E-state index in [1.165, 1.54) is 0 Å². The fraction of sp³-hybridized carbons (Fsp3) is 0.278. The molecule has 1 aliphatic carbocycles. The first-order valence-electron chi connectivity index (χ1n) is 8.23. The molecule has 8 heteroatoms. The lowest BCUT2D eigenvalue weighted by molar-refractivity contribution is -0.117. The van der Waals surface area contributed by atoms with Crippen molar-refractivity contribution in [2.75, 3.05) is 11.1 Å². The molecule has 0 radical (unpaired) electrons. The topological polar surface area (TPSA) is 123 Å². The van der Waals surface area contributed by atoms with E-state index < -0.39 is 0 Å². The normalized spacial score (nSPS) is 18.5. The van der Waals surface area contributed by atoms with E-state index in [0.29, 0.717) is 29.1 Å². The second-order valence-corrected chi connectivity index (χ2v) is 6.50. The molecule has 3 aromatic heterocycles. The molecule has 4 rings (SSSR count). The quantitative estimate of drug-likeness (QED) is 0.747. The van der Waals surface area contributed by atoms with Crippen molar-refractivity contribution >= 4 is 28.3 Å². The smallest absolute Gasteiger partial charge is 0.230 e. The van der Waals surface area contributed by atoms with E-state index in [1.54, 1.807) is 18.5 Å². The first kappa shape index (κ1) is 16.0. The lowest BCUT2D eigenvalue weighted by Gasteiger charge is -2.09. The van der Waals surface area contributed by atoms with Gasteiger partial charge in [0, 0.05) is 18.6 Å².